The Morgan fingerprint density at radius 2 is 1.87 bits per heavy atom. The average molecular weight is 314 g/mol. The fraction of sp³-hybridized carbons (Fsp3) is 0.176. The van der Waals surface area contributed by atoms with Crippen LogP contribution in [-0.4, -0.2) is 32.9 Å². The van der Waals surface area contributed by atoms with Crippen LogP contribution in [0.25, 0.3) is 0 Å². The highest BCUT2D eigenvalue weighted by atomic mass is 16.5. The number of nitrogens with zero attached hydrogens (tertiary/aromatic N) is 1. The normalized spacial score (nSPS) is 10.3. The standard InChI is InChI=1S/C17H18N2O4/c1-21-15-10-6-7-13(17(15)22-2)11-18-19-16(20)12-23-14-8-4-3-5-9-14/h3-11H,12H2,1-2H3,(H,19,20)/b18-11-. The number of carbonyl (C=O) groups excluding carboxylic acids is 1. The second-order valence-corrected chi connectivity index (χ2v) is 4.48. The quantitative estimate of drug-likeness (QED) is 0.628. The molecular formula is C17H18N2O4. The minimum atomic E-state index is -0.355. The number of para-hydroxylation sites is 2. The van der Waals surface area contributed by atoms with E-state index in [1.807, 2.05) is 24.3 Å². The molecule has 6 heteroatoms. The van der Waals surface area contributed by atoms with Crippen LogP contribution in [0.2, 0.25) is 0 Å². The van der Waals surface area contributed by atoms with Gasteiger partial charge in [0.1, 0.15) is 5.75 Å². The average Bonchev–Trinajstić information content (AvgIpc) is 2.60. The predicted molar refractivity (Wildman–Crippen MR) is 87.2 cm³/mol. The number of amides is 1. The topological polar surface area (TPSA) is 69.2 Å². The molecule has 0 atom stereocenters. The van der Waals surface area contributed by atoms with Gasteiger partial charge in [-0.1, -0.05) is 24.3 Å². The summed E-state index contributed by atoms with van der Waals surface area (Å²) in [5.41, 5.74) is 3.09. The van der Waals surface area contributed by atoms with Crippen molar-refractivity contribution in [3.8, 4) is 17.2 Å². The van der Waals surface area contributed by atoms with Crippen molar-refractivity contribution in [3.63, 3.8) is 0 Å². The summed E-state index contributed by atoms with van der Waals surface area (Å²) in [6, 6.07) is 14.5. The first-order chi connectivity index (χ1) is 11.2. The van der Waals surface area contributed by atoms with Crippen molar-refractivity contribution in [1.82, 2.24) is 5.43 Å². The van der Waals surface area contributed by atoms with E-state index in [0.717, 1.165) is 0 Å². The number of carbonyl (C=O) groups is 1. The van der Waals surface area contributed by atoms with Gasteiger partial charge in [0, 0.05) is 5.56 Å². The molecule has 1 amide bonds. The molecular weight excluding hydrogens is 296 g/mol. The van der Waals surface area contributed by atoms with Crippen LogP contribution in [0.1, 0.15) is 5.56 Å². The largest absolute Gasteiger partial charge is 0.493 e. The van der Waals surface area contributed by atoms with E-state index >= 15 is 0 Å². The Labute approximate surface area is 134 Å². The van der Waals surface area contributed by atoms with Gasteiger partial charge in [0.25, 0.3) is 5.91 Å². The fourth-order valence-corrected chi connectivity index (χ4v) is 1.89. The molecule has 0 saturated heterocycles. The van der Waals surface area contributed by atoms with Crippen LogP contribution in [0, 0.1) is 0 Å². The summed E-state index contributed by atoms with van der Waals surface area (Å²) >= 11 is 0. The number of rotatable bonds is 7. The Morgan fingerprint density at radius 1 is 1.09 bits per heavy atom. The second-order valence-electron chi connectivity index (χ2n) is 4.48. The molecule has 2 aromatic carbocycles. The lowest BCUT2D eigenvalue weighted by Crippen LogP contribution is -2.24. The van der Waals surface area contributed by atoms with Crippen LogP contribution in [0.5, 0.6) is 17.2 Å². The SMILES string of the molecule is COc1cccc(/C=N\NC(=O)COc2ccccc2)c1OC. The van der Waals surface area contributed by atoms with Crippen molar-refractivity contribution < 1.29 is 19.0 Å². The molecule has 1 N–H and O–H groups in total. The lowest BCUT2D eigenvalue weighted by atomic mass is 10.2. The van der Waals surface area contributed by atoms with E-state index in [-0.39, 0.29) is 12.5 Å². The van der Waals surface area contributed by atoms with Crippen molar-refractivity contribution in [2.24, 2.45) is 5.10 Å². The minimum absolute atomic E-state index is 0.114. The zero-order chi connectivity index (χ0) is 16.5. The van der Waals surface area contributed by atoms with Crippen LogP contribution in [0.15, 0.2) is 53.6 Å². The molecule has 0 radical (unpaired) electrons. The van der Waals surface area contributed by atoms with Gasteiger partial charge in [-0.2, -0.15) is 5.10 Å². The number of hydrazone groups is 1. The zero-order valence-electron chi connectivity index (χ0n) is 13.0. The van der Waals surface area contributed by atoms with Gasteiger partial charge in [-0.05, 0) is 24.3 Å². The second kappa shape index (κ2) is 8.43. The molecule has 0 bridgehead atoms. The van der Waals surface area contributed by atoms with Crippen molar-refractivity contribution >= 4 is 12.1 Å². The third-order valence-electron chi connectivity index (χ3n) is 2.94. The minimum Gasteiger partial charge on any atom is -0.493 e. The van der Waals surface area contributed by atoms with E-state index in [1.54, 1.807) is 38.5 Å². The summed E-state index contributed by atoms with van der Waals surface area (Å²) < 4.78 is 15.8. The summed E-state index contributed by atoms with van der Waals surface area (Å²) in [4.78, 5) is 11.7. The first-order valence-corrected chi connectivity index (χ1v) is 6.95. The molecule has 0 aliphatic rings. The van der Waals surface area contributed by atoms with Crippen LogP contribution < -0.4 is 19.6 Å². The van der Waals surface area contributed by atoms with Gasteiger partial charge < -0.3 is 14.2 Å². The first kappa shape index (κ1) is 16.4. The Kier molecular flexibility index (Phi) is 5.99. The molecule has 0 spiro atoms. The fourth-order valence-electron chi connectivity index (χ4n) is 1.89. The number of benzene rings is 2. The van der Waals surface area contributed by atoms with E-state index in [4.69, 9.17) is 14.2 Å². The van der Waals surface area contributed by atoms with Gasteiger partial charge in [0.2, 0.25) is 0 Å². The number of methoxy groups -OCH3 is 2. The molecule has 0 aliphatic heterocycles. The third kappa shape index (κ3) is 4.74. The number of hydrogen-bond acceptors (Lipinski definition) is 5. The van der Waals surface area contributed by atoms with Gasteiger partial charge in [-0.15, -0.1) is 0 Å². The van der Waals surface area contributed by atoms with E-state index in [0.29, 0.717) is 22.8 Å². The molecule has 0 saturated carbocycles. The number of hydrogen-bond donors (Lipinski definition) is 1. The van der Waals surface area contributed by atoms with Crippen molar-refractivity contribution in [2.75, 3.05) is 20.8 Å². The van der Waals surface area contributed by atoms with Gasteiger partial charge in [0.05, 0.1) is 20.4 Å². The van der Waals surface area contributed by atoms with Gasteiger partial charge in [-0.3, -0.25) is 4.79 Å². The molecule has 2 rings (SSSR count). The summed E-state index contributed by atoms with van der Waals surface area (Å²) in [5, 5.41) is 3.90. The molecule has 0 aliphatic carbocycles. The summed E-state index contributed by atoms with van der Waals surface area (Å²) in [6.07, 6.45) is 1.49. The lowest BCUT2D eigenvalue weighted by Gasteiger charge is -2.09. The smallest absolute Gasteiger partial charge is 0.277 e. The van der Waals surface area contributed by atoms with E-state index in [2.05, 4.69) is 10.5 Å². The number of nitrogens with one attached hydrogen (secondary N) is 1. The Bertz CT molecular complexity index is 672. The van der Waals surface area contributed by atoms with Gasteiger partial charge >= 0.3 is 0 Å². The molecule has 6 nitrogen and oxygen atoms in total. The molecule has 0 heterocycles. The summed E-state index contributed by atoms with van der Waals surface area (Å²) in [7, 11) is 3.10. The Hall–Kier alpha value is -3.02. The maximum Gasteiger partial charge on any atom is 0.277 e. The van der Waals surface area contributed by atoms with Gasteiger partial charge in [0.15, 0.2) is 18.1 Å². The number of ether oxygens (including phenoxy) is 3. The monoisotopic (exact) mass is 314 g/mol. The highest BCUT2D eigenvalue weighted by Crippen LogP contribution is 2.29. The maximum atomic E-state index is 11.7. The highest BCUT2D eigenvalue weighted by Gasteiger charge is 2.07. The lowest BCUT2D eigenvalue weighted by molar-refractivity contribution is -0.123. The zero-order valence-corrected chi connectivity index (χ0v) is 13.0. The Morgan fingerprint density at radius 3 is 2.57 bits per heavy atom. The maximum absolute atomic E-state index is 11.7. The first-order valence-electron chi connectivity index (χ1n) is 6.95. The van der Waals surface area contributed by atoms with Crippen molar-refractivity contribution in [3.05, 3.63) is 54.1 Å². The van der Waals surface area contributed by atoms with Crippen LogP contribution >= 0.6 is 0 Å². The molecule has 2 aromatic rings. The molecule has 0 fully saturated rings. The van der Waals surface area contributed by atoms with Crippen LogP contribution in [-0.2, 0) is 4.79 Å². The molecule has 0 aromatic heterocycles. The van der Waals surface area contributed by atoms with Crippen LogP contribution in [0.3, 0.4) is 0 Å². The van der Waals surface area contributed by atoms with Crippen molar-refractivity contribution in [2.45, 2.75) is 0 Å². The Balaban J connectivity index is 1.90. The summed E-state index contributed by atoms with van der Waals surface area (Å²) in [6.45, 7) is -0.114. The summed E-state index contributed by atoms with van der Waals surface area (Å²) in [5.74, 6) is 1.41. The molecule has 23 heavy (non-hydrogen) atoms. The third-order valence-corrected chi connectivity index (χ3v) is 2.94. The van der Waals surface area contributed by atoms with E-state index in [9.17, 15) is 4.79 Å². The van der Waals surface area contributed by atoms with E-state index in [1.165, 1.54) is 6.21 Å². The van der Waals surface area contributed by atoms with Crippen LogP contribution in [0.4, 0.5) is 0 Å². The highest BCUT2D eigenvalue weighted by molar-refractivity contribution is 5.86. The molecule has 120 valence electrons. The van der Waals surface area contributed by atoms with Crippen molar-refractivity contribution in [1.29, 1.82) is 0 Å². The van der Waals surface area contributed by atoms with Gasteiger partial charge in [-0.25, -0.2) is 5.43 Å². The predicted octanol–water partition coefficient (Wildman–Crippen LogP) is 2.23. The molecule has 0 unspecified atom stereocenters. The van der Waals surface area contributed by atoms with E-state index < -0.39 is 0 Å².